The highest BCUT2D eigenvalue weighted by Gasteiger charge is 2.38. The molecule has 0 radical (unpaired) electrons. The molecule has 1 aromatic rings. The molecule has 1 aliphatic heterocycles. The van der Waals surface area contributed by atoms with Crippen LogP contribution in [0.2, 0.25) is 0 Å². The number of anilines is 1. The molecule has 0 bridgehead atoms. The van der Waals surface area contributed by atoms with Gasteiger partial charge in [0, 0.05) is 13.1 Å². The van der Waals surface area contributed by atoms with Crippen molar-refractivity contribution < 1.29 is 9.90 Å². The van der Waals surface area contributed by atoms with Gasteiger partial charge in [-0.25, -0.2) is 4.79 Å². The number of para-hydroxylation sites is 1. The Morgan fingerprint density at radius 1 is 1.00 bits per heavy atom. The maximum atomic E-state index is 11.4. The molecule has 1 aromatic carbocycles. The molecule has 0 atom stereocenters. The predicted octanol–water partition coefficient (Wildman–Crippen LogP) is 4.33. The van der Waals surface area contributed by atoms with Gasteiger partial charge in [-0.05, 0) is 36.8 Å². The highest BCUT2D eigenvalue weighted by atomic mass is 16.4. The Hall–Kier alpha value is -1.51. The van der Waals surface area contributed by atoms with Gasteiger partial charge in [0.15, 0.2) is 0 Å². The van der Waals surface area contributed by atoms with Gasteiger partial charge in [-0.2, -0.15) is 0 Å². The fraction of sp³-hybridized carbons (Fsp3) is 0.611. The summed E-state index contributed by atoms with van der Waals surface area (Å²) in [5.41, 5.74) is 1.79. The van der Waals surface area contributed by atoms with Gasteiger partial charge in [-0.3, -0.25) is 0 Å². The highest BCUT2D eigenvalue weighted by Crippen LogP contribution is 2.43. The summed E-state index contributed by atoms with van der Waals surface area (Å²) in [6.45, 7) is 2.04. The van der Waals surface area contributed by atoms with Crippen LogP contribution in [0.5, 0.6) is 0 Å². The van der Waals surface area contributed by atoms with Gasteiger partial charge in [0.2, 0.25) is 0 Å². The fourth-order valence-electron chi connectivity index (χ4n) is 4.13. The van der Waals surface area contributed by atoms with Gasteiger partial charge in [0.1, 0.15) is 0 Å². The summed E-state index contributed by atoms with van der Waals surface area (Å²) in [7, 11) is 0. The molecule has 3 nitrogen and oxygen atoms in total. The number of rotatable bonds is 2. The van der Waals surface area contributed by atoms with Crippen molar-refractivity contribution in [3.63, 3.8) is 0 Å². The molecule has 1 saturated carbocycles. The topological polar surface area (TPSA) is 40.5 Å². The van der Waals surface area contributed by atoms with Crippen LogP contribution in [0.15, 0.2) is 24.3 Å². The molecule has 1 saturated heterocycles. The monoisotopic (exact) mass is 287 g/mol. The summed E-state index contributed by atoms with van der Waals surface area (Å²) in [6, 6.07) is 7.45. The second-order valence-corrected chi connectivity index (χ2v) is 6.76. The first-order valence-electron chi connectivity index (χ1n) is 8.28. The largest absolute Gasteiger partial charge is 0.478 e. The number of hydrogen-bond donors (Lipinski definition) is 1. The van der Waals surface area contributed by atoms with Crippen molar-refractivity contribution in [2.45, 2.75) is 51.4 Å². The van der Waals surface area contributed by atoms with Crippen molar-refractivity contribution in [2.24, 2.45) is 5.41 Å². The second-order valence-electron chi connectivity index (χ2n) is 6.76. The van der Waals surface area contributed by atoms with Crippen molar-refractivity contribution in [1.82, 2.24) is 0 Å². The van der Waals surface area contributed by atoms with E-state index in [9.17, 15) is 9.90 Å². The molecule has 114 valence electrons. The maximum Gasteiger partial charge on any atom is 0.337 e. The minimum atomic E-state index is -0.816. The van der Waals surface area contributed by atoms with Crippen molar-refractivity contribution in [3.8, 4) is 0 Å². The zero-order valence-electron chi connectivity index (χ0n) is 12.7. The van der Waals surface area contributed by atoms with Crippen LogP contribution in [0, 0.1) is 5.41 Å². The van der Waals surface area contributed by atoms with E-state index in [1.165, 1.54) is 51.4 Å². The van der Waals surface area contributed by atoms with Crippen LogP contribution >= 0.6 is 0 Å². The molecule has 0 unspecified atom stereocenters. The van der Waals surface area contributed by atoms with E-state index in [1.54, 1.807) is 6.07 Å². The average Bonchev–Trinajstić information content (AvgIpc) is 2.88. The number of aromatic carboxylic acids is 1. The minimum Gasteiger partial charge on any atom is -0.478 e. The number of carboxylic acid groups (broad SMARTS) is 1. The first-order chi connectivity index (χ1) is 10.2. The predicted molar refractivity (Wildman–Crippen MR) is 85.0 cm³/mol. The van der Waals surface area contributed by atoms with E-state index in [0.717, 1.165) is 18.8 Å². The summed E-state index contributed by atoms with van der Waals surface area (Å²) in [5, 5.41) is 9.38. The number of carbonyl (C=O) groups is 1. The van der Waals surface area contributed by atoms with Gasteiger partial charge >= 0.3 is 5.97 Å². The molecule has 1 heterocycles. The first kappa shape index (κ1) is 14.4. The van der Waals surface area contributed by atoms with Crippen molar-refractivity contribution in [2.75, 3.05) is 18.0 Å². The zero-order valence-corrected chi connectivity index (χ0v) is 12.7. The summed E-state index contributed by atoms with van der Waals surface area (Å²) >= 11 is 0. The van der Waals surface area contributed by atoms with Gasteiger partial charge in [-0.15, -0.1) is 0 Å². The van der Waals surface area contributed by atoms with Crippen LogP contribution in [0.25, 0.3) is 0 Å². The van der Waals surface area contributed by atoms with E-state index in [1.807, 2.05) is 18.2 Å². The van der Waals surface area contributed by atoms with Crippen LogP contribution < -0.4 is 4.90 Å². The molecular weight excluding hydrogens is 262 g/mol. The third-order valence-electron chi connectivity index (χ3n) is 5.33. The third kappa shape index (κ3) is 3.07. The molecule has 0 aromatic heterocycles. The molecule has 1 N–H and O–H groups in total. The highest BCUT2D eigenvalue weighted by molar-refractivity contribution is 5.94. The standard InChI is InChI=1S/C18H25NO2/c20-17(21)15-8-4-5-9-16(15)19-13-12-18(14-19)10-6-2-1-3-7-11-18/h4-5,8-9H,1-3,6-7,10-14H2,(H,20,21). The Labute approximate surface area is 127 Å². The van der Waals surface area contributed by atoms with Gasteiger partial charge in [0.25, 0.3) is 0 Å². The second kappa shape index (κ2) is 6.08. The molecule has 2 aliphatic rings. The van der Waals surface area contributed by atoms with Gasteiger partial charge < -0.3 is 10.0 Å². The van der Waals surface area contributed by atoms with Crippen LogP contribution in [0.1, 0.15) is 61.7 Å². The van der Waals surface area contributed by atoms with E-state index >= 15 is 0 Å². The molecule has 21 heavy (non-hydrogen) atoms. The molecular formula is C18H25NO2. The molecule has 3 heteroatoms. The van der Waals surface area contributed by atoms with E-state index in [-0.39, 0.29) is 0 Å². The molecule has 3 rings (SSSR count). The van der Waals surface area contributed by atoms with E-state index in [4.69, 9.17) is 0 Å². The van der Waals surface area contributed by atoms with Crippen molar-refractivity contribution >= 4 is 11.7 Å². The lowest BCUT2D eigenvalue weighted by atomic mass is 9.76. The molecule has 0 amide bonds. The Bertz CT molecular complexity index is 504. The summed E-state index contributed by atoms with van der Waals surface area (Å²) in [4.78, 5) is 13.7. The number of carboxylic acids is 1. The van der Waals surface area contributed by atoms with E-state index in [2.05, 4.69) is 4.90 Å². The fourth-order valence-corrected chi connectivity index (χ4v) is 4.13. The van der Waals surface area contributed by atoms with Crippen LogP contribution in [0.4, 0.5) is 5.69 Å². The Kier molecular flexibility index (Phi) is 4.18. The van der Waals surface area contributed by atoms with Crippen LogP contribution in [0.3, 0.4) is 0 Å². The Morgan fingerprint density at radius 2 is 1.67 bits per heavy atom. The molecule has 1 aliphatic carbocycles. The Balaban J connectivity index is 1.78. The maximum absolute atomic E-state index is 11.4. The third-order valence-corrected chi connectivity index (χ3v) is 5.33. The lowest BCUT2D eigenvalue weighted by Gasteiger charge is -2.32. The van der Waals surface area contributed by atoms with Crippen LogP contribution in [-0.2, 0) is 0 Å². The Morgan fingerprint density at radius 3 is 2.38 bits per heavy atom. The average molecular weight is 287 g/mol. The number of hydrogen-bond acceptors (Lipinski definition) is 2. The summed E-state index contributed by atoms with van der Waals surface area (Å²) < 4.78 is 0. The minimum absolute atomic E-state index is 0.437. The van der Waals surface area contributed by atoms with E-state index < -0.39 is 5.97 Å². The number of nitrogens with zero attached hydrogens (tertiary/aromatic N) is 1. The summed E-state index contributed by atoms with van der Waals surface area (Å²) in [6.07, 6.45) is 10.7. The SMILES string of the molecule is O=C(O)c1ccccc1N1CCC2(CCCCCCC2)C1. The lowest BCUT2D eigenvalue weighted by Crippen LogP contribution is -2.28. The lowest BCUT2D eigenvalue weighted by molar-refractivity contribution is 0.0697. The quantitative estimate of drug-likeness (QED) is 0.880. The van der Waals surface area contributed by atoms with Crippen molar-refractivity contribution in [1.29, 1.82) is 0 Å². The number of benzene rings is 1. The first-order valence-corrected chi connectivity index (χ1v) is 8.28. The van der Waals surface area contributed by atoms with Gasteiger partial charge in [-0.1, -0.05) is 44.2 Å². The van der Waals surface area contributed by atoms with Crippen molar-refractivity contribution in [3.05, 3.63) is 29.8 Å². The van der Waals surface area contributed by atoms with Gasteiger partial charge in [0.05, 0.1) is 11.3 Å². The molecule has 1 spiro atoms. The molecule has 2 fully saturated rings. The smallest absolute Gasteiger partial charge is 0.337 e. The zero-order chi connectivity index (χ0) is 14.7. The van der Waals surface area contributed by atoms with Crippen LogP contribution in [-0.4, -0.2) is 24.2 Å². The van der Waals surface area contributed by atoms with E-state index in [0.29, 0.717) is 11.0 Å². The summed E-state index contributed by atoms with van der Waals surface area (Å²) in [5.74, 6) is -0.816. The normalized spacial score (nSPS) is 22.0.